The number of carbonyl (C=O) groups is 1. The van der Waals surface area contributed by atoms with Crippen LogP contribution >= 0.6 is 0 Å². The van der Waals surface area contributed by atoms with E-state index in [4.69, 9.17) is 13.9 Å². The molecular formula is C18H19NO4. The van der Waals surface area contributed by atoms with Crippen molar-refractivity contribution >= 4 is 5.91 Å². The summed E-state index contributed by atoms with van der Waals surface area (Å²) in [6.45, 7) is 3.79. The summed E-state index contributed by atoms with van der Waals surface area (Å²) in [4.78, 5) is 14.7. The Labute approximate surface area is 134 Å². The smallest absolute Gasteiger partial charge is 0.290 e. The highest BCUT2D eigenvalue weighted by Crippen LogP contribution is 2.38. The maximum Gasteiger partial charge on any atom is 0.290 e. The Morgan fingerprint density at radius 3 is 2.78 bits per heavy atom. The van der Waals surface area contributed by atoms with E-state index in [1.807, 2.05) is 36.1 Å². The van der Waals surface area contributed by atoms with Gasteiger partial charge in [0, 0.05) is 12.1 Å². The van der Waals surface area contributed by atoms with Gasteiger partial charge < -0.3 is 18.8 Å². The van der Waals surface area contributed by atoms with Crippen molar-refractivity contribution in [2.24, 2.45) is 0 Å². The minimum absolute atomic E-state index is 0.0371. The summed E-state index contributed by atoms with van der Waals surface area (Å²) in [5.41, 5.74) is 1.96. The fraction of sp³-hybridized carbons (Fsp3) is 0.389. The van der Waals surface area contributed by atoms with E-state index in [1.165, 1.54) is 0 Å². The number of nitrogens with zero attached hydrogens (tertiary/aromatic N) is 1. The Morgan fingerprint density at radius 1 is 1.17 bits per heavy atom. The number of fused-ring (bicyclic) bond motifs is 1. The molecule has 1 saturated heterocycles. The molecule has 2 aliphatic rings. The van der Waals surface area contributed by atoms with Crippen molar-refractivity contribution in [1.29, 1.82) is 0 Å². The lowest BCUT2D eigenvalue weighted by Gasteiger charge is -2.26. The summed E-state index contributed by atoms with van der Waals surface area (Å²) in [5.74, 6) is 1.94. The zero-order valence-corrected chi connectivity index (χ0v) is 13.1. The summed E-state index contributed by atoms with van der Waals surface area (Å²) >= 11 is 0. The summed E-state index contributed by atoms with van der Waals surface area (Å²) in [7, 11) is 0. The molecule has 1 unspecified atom stereocenters. The first-order valence-electron chi connectivity index (χ1n) is 7.98. The minimum atomic E-state index is -0.0371. The van der Waals surface area contributed by atoms with E-state index in [0.717, 1.165) is 42.0 Å². The van der Waals surface area contributed by atoms with Gasteiger partial charge in [0.1, 0.15) is 13.2 Å². The van der Waals surface area contributed by atoms with Crippen molar-refractivity contribution in [2.45, 2.75) is 25.8 Å². The fourth-order valence-corrected chi connectivity index (χ4v) is 3.35. The molecule has 0 saturated carbocycles. The Bertz CT molecular complexity index is 736. The summed E-state index contributed by atoms with van der Waals surface area (Å²) in [5, 5.41) is 0. The average molecular weight is 313 g/mol. The molecule has 0 aliphatic carbocycles. The number of ether oxygens (including phenoxy) is 2. The van der Waals surface area contributed by atoms with Crippen LogP contribution in [-0.2, 0) is 0 Å². The molecule has 1 fully saturated rings. The van der Waals surface area contributed by atoms with Gasteiger partial charge in [-0.05, 0) is 43.5 Å². The molecule has 1 aromatic heterocycles. The second-order valence-corrected chi connectivity index (χ2v) is 5.99. The van der Waals surface area contributed by atoms with Crippen molar-refractivity contribution in [3.63, 3.8) is 0 Å². The van der Waals surface area contributed by atoms with E-state index in [-0.39, 0.29) is 11.9 Å². The van der Waals surface area contributed by atoms with Gasteiger partial charge in [-0.25, -0.2) is 0 Å². The SMILES string of the molecule is Cc1ccoc1C(=O)N1CCCC1c1ccc2c(c1)OCCO2. The molecule has 0 N–H and O–H groups in total. The predicted octanol–water partition coefficient (Wildman–Crippen LogP) is 3.34. The molecule has 5 heteroatoms. The van der Waals surface area contributed by atoms with Crippen LogP contribution in [0.3, 0.4) is 0 Å². The van der Waals surface area contributed by atoms with E-state index in [9.17, 15) is 4.79 Å². The molecule has 1 atom stereocenters. The first-order chi connectivity index (χ1) is 11.2. The van der Waals surface area contributed by atoms with Crippen molar-refractivity contribution in [1.82, 2.24) is 4.90 Å². The van der Waals surface area contributed by atoms with Crippen LogP contribution in [0.1, 0.15) is 40.6 Å². The molecule has 4 rings (SSSR count). The van der Waals surface area contributed by atoms with E-state index in [0.29, 0.717) is 19.0 Å². The maximum absolute atomic E-state index is 12.8. The minimum Gasteiger partial charge on any atom is -0.486 e. The molecule has 120 valence electrons. The standard InChI is InChI=1S/C18H19NO4/c1-12-6-8-23-17(12)18(20)19-7-2-3-14(19)13-4-5-15-16(11-13)22-10-9-21-15/h4-6,8,11,14H,2-3,7,9-10H2,1H3. The van der Waals surface area contributed by atoms with Gasteiger partial charge in [-0.3, -0.25) is 4.79 Å². The molecule has 0 radical (unpaired) electrons. The van der Waals surface area contributed by atoms with Crippen LogP contribution in [-0.4, -0.2) is 30.6 Å². The van der Waals surface area contributed by atoms with E-state index < -0.39 is 0 Å². The lowest BCUT2D eigenvalue weighted by atomic mass is 10.0. The largest absolute Gasteiger partial charge is 0.486 e. The molecular weight excluding hydrogens is 294 g/mol. The van der Waals surface area contributed by atoms with E-state index in [1.54, 1.807) is 6.26 Å². The van der Waals surface area contributed by atoms with Crippen LogP contribution in [0, 0.1) is 6.92 Å². The predicted molar refractivity (Wildman–Crippen MR) is 83.9 cm³/mol. The Balaban J connectivity index is 1.63. The van der Waals surface area contributed by atoms with Gasteiger partial charge in [-0.1, -0.05) is 6.07 Å². The zero-order chi connectivity index (χ0) is 15.8. The zero-order valence-electron chi connectivity index (χ0n) is 13.1. The van der Waals surface area contributed by atoms with Gasteiger partial charge in [0.2, 0.25) is 0 Å². The van der Waals surface area contributed by atoms with Gasteiger partial charge >= 0.3 is 0 Å². The molecule has 0 spiro atoms. The summed E-state index contributed by atoms with van der Waals surface area (Å²) in [6.07, 6.45) is 3.51. The fourth-order valence-electron chi connectivity index (χ4n) is 3.35. The molecule has 1 amide bonds. The lowest BCUT2D eigenvalue weighted by Crippen LogP contribution is -2.30. The second kappa shape index (κ2) is 5.65. The Kier molecular flexibility index (Phi) is 3.48. The molecule has 0 bridgehead atoms. The highest BCUT2D eigenvalue weighted by molar-refractivity contribution is 5.93. The third kappa shape index (κ3) is 2.46. The number of furan rings is 1. The Morgan fingerprint density at radius 2 is 2.00 bits per heavy atom. The van der Waals surface area contributed by atoms with Crippen molar-refractivity contribution in [3.05, 3.63) is 47.4 Å². The molecule has 2 aromatic rings. The second-order valence-electron chi connectivity index (χ2n) is 5.99. The third-order valence-electron chi connectivity index (χ3n) is 4.52. The van der Waals surface area contributed by atoms with Crippen LogP contribution < -0.4 is 9.47 Å². The number of benzene rings is 1. The lowest BCUT2D eigenvalue weighted by molar-refractivity contribution is 0.0701. The highest BCUT2D eigenvalue weighted by atomic mass is 16.6. The highest BCUT2D eigenvalue weighted by Gasteiger charge is 2.33. The number of rotatable bonds is 2. The summed E-state index contributed by atoms with van der Waals surface area (Å²) < 4.78 is 16.6. The van der Waals surface area contributed by atoms with Crippen molar-refractivity contribution in [2.75, 3.05) is 19.8 Å². The number of likely N-dealkylation sites (tertiary alicyclic amines) is 1. The monoisotopic (exact) mass is 313 g/mol. The van der Waals surface area contributed by atoms with Crippen molar-refractivity contribution in [3.8, 4) is 11.5 Å². The number of hydrogen-bond donors (Lipinski definition) is 0. The van der Waals surface area contributed by atoms with E-state index in [2.05, 4.69) is 0 Å². The van der Waals surface area contributed by atoms with Gasteiger partial charge in [0.25, 0.3) is 5.91 Å². The number of amides is 1. The first kappa shape index (κ1) is 14.2. The normalized spacial score (nSPS) is 19.9. The van der Waals surface area contributed by atoms with Gasteiger partial charge in [-0.15, -0.1) is 0 Å². The molecule has 23 heavy (non-hydrogen) atoms. The van der Waals surface area contributed by atoms with Crippen molar-refractivity contribution < 1.29 is 18.7 Å². The Hall–Kier alpha value is -2.43. The number of aryl methyl sites for hydroxylation is 1. The van der Waals surface area contributed by atoms with Gasteiger partial charge in [0.15, 0.2) is 17.3 Å². The maximum atomic E-state index is 12.8. The van der Waals surface area contributed by atoms with Crippen LogP contribution in [0.5, 0.6) is 11.5 Å². The third-order valence-corrected chi connectivity index (χ3v) is 4.52. The molecule has 2 aliphatic heterocycles. The molecule has 1 aromatic carbocycles. The average Bonchev–Trinajstić information content (AvgIpc) is 3.22. The van der Waals surface area contributed by atoms with Crippen LogP contribution in [0.4, 0.5) is 0 Å². The molecule has 5 nitrogen and oxygen atoms in total. The van der Waals surface area contributed by atoms with Crippen LogP contribution in [0.2, 0.25) is 0 Å². The topological polar surface area (TPSA) is 51.9 Å². The van der Waals surface area contributed by atoms with Crippen LogP contribution in [0.15, 0.2) is 34.9 Å². The number of carbonyl (C=O) groups excluding carboxylic acids is 1. The molecule has 3 heterocycles. The number of hydrogen-bond acceptors (Lipinski definition) is 4. The summed E-state index contributed by atoms with van der Waals surface area (Å²) in [6, 6.07) is 7.84. The van der Waals surface area contributed by atoms with E-state index >= 15 is 0 Å². The quantitative estimate of drug-likeness (QED) is 0.853. The first-order valence-corrected chi connectivity index (χ1v) is 7.98. The van der Waals surface area contributed by atoms with Gasteiger partial charge in [0.05, 0.1) is 12.3 Å². The van der Waals surface area contributed by atoms with Crippen LogP contribution in [0.25, 0.3) is 0 Å². The van der Waals surface area contributed by atoms with Gasteiger partial charge in [-0.2, -0.15) is 0 Å².